The average molecular weight is 501 g/mol. The summed E-state index contributed by atoms with van der Waals surface area (Å²) in [5, 5.41) is 12.3. The van der Waals surface area contributed by atoms with Gasteiger partial charge in [-0.3, -0.25) is 9.59 Å². The lowest BCUT2D eigenvalue weighted by molar-refractivity contribution is -0.116. The molecule has 0 heterocycles. The predicted molar refractivity (Wildman–Crippen MR) is 136 cm³/mol. The highest BCUT2D eigenvalue weighted by atomic mass is 35.5. The van der Waals surface area contributed by atoms with Gasteiger partial charge in [0, 0.05) is 22.7 Å². The fourth-order valence-electron chi connectivity index (χ4n) is 3.20. The van der Waals surface area contributed by atoms with Gasteiger partial charge in [-0.15, -0.1) is 6.58 Å². The summed E-state index contributed by atoms with van der Waals surface area (Å²) in [6.07, 6.45) is 2.88. The number of nitrogens with one attached hydrogen (secondary N) is 1. The van der Waals surface area contributed by atoms with Gasteiger partial charge in [0.15, 0.2) is 17.3 Å². The van der Waals surface area contributed by atoms with Crippen molar-refractivity contribution >= 4 is 35.3 Å². The van der Waals surface area contributed by atoms with E-state index in [-0.39, 0.29) is 40.5 Å². The lowest BCUT2D eigenvalue weighted by atomic mass is 9.98. The van der Waals surface area contributed by atoms with E-state index in [2.05, 4.69) is 11.9 Å². The van der Waals surface area contributed by atoms with Crippen LogP contribution in [0.4, 0.5) is 0 Å². The fraction of sp³-hybridized carbons (Fsp3) is 0.0714. The maximum Gasteiger partial charge on any atom is 0.344 e. The number of carbonyl (C=O) groups excluding carboxylic acids is 3. The van der Waals surface area contributed by atoms with E-state index >= 15 is 0 Å². The highest BCUT2D eigenvalue weighted by molar-refractivity contribution is 6.30. The Balaban J connectivity index is 1.87. The molecule has 7 nitrogen and oxygen atoms in total. The van der Waals surface area contributed by atoms with Crippen LogP contribution in [0.1, 0.15) is 31.8 Å². The van der Waals surface area contributed by atoms with E-state index < -0.39 is 11.9 Å². The molecule has 0 fully saturated rings. The van der Waals surface area contributed by atoms with Crippen LogP contribution in [0.15, 0.2) is 85.0 Å². The van der Waals surface area contributed by atoms with Crippen molar-refractivity contribution in [3.8, 4) is 17.6 Å². The van der Waals surface area contributed by atoms with Gasteiger partial charge in [-0.25, -0.2) is 4.79 Å². The molecule has 0 bridgehead atoms. The van der Waals surface area contributed by atoms with Crippen LogP contribution in [0.5, 0.6) is 11.5 Å². The number of halogens is 1. The van der Waals surface area contributed by atoms with Gasteiger partial charge in [-0.2, -0.15) is 5.26 Å². The first-order chi connectivity index (χ1) is 17.4. The Hall–Kier alpha value is -4.67. The first kappa shape index (κ1) is 25.9. The minimum Gasteiger partial charge on any atom is -0.493 e. The van der Waals surface area contributed by atoms with Gasteiger partial charge >= 0.3 is 5.97 Å². The lowest BCUT2D eigenvalue weighted by Gasteiger charge is -2.12. The number of methoxy groups -OCH3 is 1. The largest absolute Gasteiger partial charge is 0.493 e. The van der Waals surface area contributed by atoms with Crippen LogP contribution in [0.3, 0.4) is 0 Å². The minimum atomic E-state index is -0.754. The van der Waals surface area contributed by atoms with Crippen molar-refractivity contribution in [3.05, 3.63) is 112 Å². The highest BCUT2D eigenvalue weighted by Gasteiger charge is 2.21. The molecule has 3 aromatic rings. The highest BCUT2D eigenvalue weighted by Crippen LogP contribution is 2.30. The van der Waals surface area contributed by atoms with Crippen molar-refractivity contribution in [1.82, 2.24) is 5.32 Å². The molecule has 0 radical (unpaired) electrons. The second kappa shape index (κ2) is 12.2. The molecule has 1 N–H and O–H groups in total. The molecule has 1 amide bonds. The molecule has 0 aliphatic heterocycles. The van der Waals surface area contributed by atoms with Gasteiger partial charge in [0.25, 0.3) is 5.91 Å². The lowest BCUT2D eigenvalue weighted by Crippen LogP contribution is -2.24. The third kappa shape index (κ3) is 6.26. The molecule has 0 atom stereocenters. The number of esters is 1. The number of carbonyl (C=O) groups is 3. The zero-order valence-electron chi connectivity index (χ0n) is 19.3. The number of benzene rings is 3. The third-order valence-corrected chi connectivity index (χ3v) is 5.22. The van der Waals surface area contributed by atoms with Crippen molar-refractivity contribution in [2.75, 3.05) is 13.7 Å². The summed E-state index contributed by atoms with van der Waals surface area (Å²) in [7, 11) is 1.39. The van der Waals surface area contributed by atoms with Gasteiger partial charge in [0.05, 0.1) is 12.7 Å². The normalized spacial score (nSPS) is 10.6. The summed E-state index contributed by atoms with van der Waals surface area (Å²) < 4.78 is 10.9. The number of amides is 1. The molecule has 0 aliphatic rings. The standard InChI is InChI=1S/C28H21ClN2O5/c1-3-14-31-27(33)20(17-30)15-18-8-13-24(25(16-18)35-2)36-28(34)23-7-5-4-6-22(23)26(32)19-9-11-21(29)12-10-19/h3-13,15-16H,1,14H2,2H3,(H,31,33). The van der Waals surface area contributed by atoms with E-state index in [9.17, 15) is 19.6 Å². The van der Waals surface area contributed by atoms with E-state index in [1.807, 2.05) is 6.07 Å². The predicted octanol–water partition coefficient (Wildman–Crippen LogP) is 5.01. The Bertz CT molecular complexity index is 1390. The molecule has 0 saturated heterocycles. The number of ether oxygens (including phenoxy) is 2. The molecule has 0 aromatic heterocycles. The fourth-order valence-corrected chi connectivity index (χ4v) is 3.33. The molecule has 0 unspecified atom stereocenters. The van der Waals surface area contributed by atoms with Crippen LogP contribution in [0.2, 0.25) is 5.02 Å². The van der Waals surface area contributed by atoms with Gasteiger partial charge in [0.2, 0.25) is 0 Å². The monoisotopic (exact) mass is 500 g/mol. The maximum atomic E-state index is 13.0. The van der Waals surface area contributed by atoms with E-state index in [1.54, 1.807) is 48.5 Å². The molecule has 0 saturated carbocycles. The number of hydrogen-bond acceptors (Lipinski definition) is 6. The summed E-state index contributed by atoms with van der Waals surface area (Å²) in [4.78, 5) is 38.1. The third-order valence-electron chi connectivity index (χ3n) is 4.97. The smallest absolute Gasteiger partial charge is 0.344 e. The van der Waals surface area contributed by atoms with Crippen molar-refractivity contribution < 1.29 is 23.9 Å². The second-order valence-electron chi connectivity index (χ2n) is 7.35. The van der Waals surface area contributed by atoms with E-state index in [0.717, 1.165) is 0 Å². The zero-order chi connectivity index (χ0) is 26.1. The van der Waals surface area contributed by atoms with Gasteiger partial charge in [-0.05, 0) is 54.1 Å². The molecule has 8 heteroatoms. The molecular formula is C28H21ClN2O5. The Morgan fingerprint density at radius 3 is 2.36 bits per heavy atom. The molecule has 3 rings (SSSR count). The second-order valence-corrected chi connectivity index (χ2v) is 7.79. The van der Waals surface area contributed by atoms with Crippen LogP contribution < -0.4 is 14.8 Å². The topological polar surface area (TPSA) is 105 Å². The summed E-state index contributed by atoms with van der Waals surface area (Å²) in [5.74, 6) is -1.36. The van der Waals surface area contributed by atoms with Crippen LogP contribution in [0.25, 0.3) is 6.08 Å². The molecule has 0 spiro atoms. The van der Waals surface area contributed by atoms with Crippen molar-refractivity contribution in [3.63, 3.8) is 0 Å². The Labute approximate surface area is 213 Å². The summed E-state index contributed by atoms with van der Waals surface area (Å²) in [6, 6.07) is 19.1. The number of hydrogen-bond donors (Lipinski definition) is 1. The van der Waals surface area contributed by atoms with Crippen LogP contribution >= 0.6 is 11.6 Å². The first-order valence-electron chi connectivity index (χ1n) is 10.7. The van der Waals surface area contributed by atoms with E-state index in [0.29, 0.717) is 16.1 Å². The maximum absolute atomic E-state index is 13.0. The number of nitriles is 1. The number of rotatable bonds is 9. The number of nitrogens with zero attached hydrogens (tertiary/aromatic N) is 1. The average Bonchev–Trinajstić information content (AvgIpc) is 2.90. The summed E-state index contributed by atoms with van der Waals surface area (Å²) >= 11 is 5.91. The zero-order valence-corrected chi connectivity index (χ0v) is 20.0. The van der Waals surface area contributed by atoms with Crippen LogP contribution in [0, 0.1) is 11.3 Å². The molecule has 3 aromatic carbocycles. The van der Waals surface area contributed by atoms with Gasteiger partial charge in [0.1, 0.15) is 11.6 Å². The Morgan fingerprint density at radius 1 is 1.03 bits per heavy atom. The Kier molecular flexibility index (Phi) is 8.76. The van der Waals surface area contributed by atoms with Crippen molar-refractivity contribution in [2.45, 2.75) is 0 Å². The van der Waals surface area contributed by atoms with E-state index in [4.69, 9.17) is 21.1 Å². The van der Waals surface area contributed by atoms with Gasteiger partial charge < -0.3 is 14.8 Å². The van der Waals surface area contributed by atoms with Crippen LogP contribution in [-0.2, 0) is 4.79 Å². The van der Waals surface area contributed by atoms with Crippen molar-refractivity contribution in [1.29, 1.82) is 5.26 Å². The van der Waals surface area contributed by atoms with Crippen molar-refractivity contribution in [2.24, 2.45) is 0 Å². The van der Waals surface area contributed by atoms with Gasteiger partial charge in [-0.1, -0.05) is 41.9 Å². The summed E-state index contributed by atoms with van der Waals surface area (Å²) in [5.41, 5.74) is 0.994. The first-order valence-corrected chi connectivity index (χ1v) is 11.1. The SMILES string of the molecule is C=CCNC(=O)C(C#N)=Cc1ccc(OC(=O)c2ccccc2C(=O)c2ccc(Cl)cc2)c(OC)c1. The van der Waals surface area contributed by atoms with E-state index in [1.165, 1.54) is 37.5 Å². The summed E-state index contributed by atoms with van der Waals surface area (Å²) in [6.45, 7) is 3.73. The molecule has 0 aliphatic carbocycles. The molecule has 36 heavy (non-hydrogen) atoms. The number of ketones is 1. The molecular weight excluding hydrogens is 480 g/mol. The molecule has 180 valence electrons. The van der Waals surface area contributed by atoms with Crippen LogP contribution in [-0.4, -0.2) is 31.3 Å². The minimum absolute atomic E-state index is 0.0779. The quantitative estimate of drug-likeness (QED) is 0.111. The Morgan fingerprint density at radius 2 is 1.72 bits per heavy atom.